The molecule has 0 radical (unpaired) electrons. The Hall–Kier alpha value is -1.61. The molecule has 2 rings (SSSR count). The van der Waals surface area contributed by atoms with Gasteiger partial charge in [0.25, 0.3) is 0 Å². The van der Waals surface area contributed by atoms with Gasteiger partial charge in [-0.05, 0) is 30.7 Å². The van der Waals surface area contributed by atoms with E-state index in [0.717, 1.165) is 16.5 Å². The molecular weight excluding hydrogens is 226 g/mol. The van der Waals surface area contributed by atoms with Gasteiger partial charge >= 0.3 is 5.97 Å². The molecule has 0 fully saturated rings. The average Bonchev–Trinajstić information content (AvgIpc) is 2.27. The van der Waals surface area contributed by atoms with Crippen molar-refractivity contribution in [3.8, 4) is 0 Å². The molecule has 0 unspecified atom stereocenters. The number of fused-ring (bicyclic) bond motifs is 1. The molecule has 0 spiro atoms. The van der Waals surface area contributed by atoms with Crippen molar-refractivity contribution < 1.29 is 9.53 Å². The topological polar surface area (TPSA) is 39.2 Å². The van der Waals surface area contributed by atoms with E-state index in [9.17, 15) is 4.79 Å². The maximum Gasteiger partial charge on any atom is 0.337 e. The van der Waals surface area contributed by atoms with Gasteiger partial charge in [-0.1, -0.05) is 11.6 Å². The number of aromatic nitrogens is 1. The zero-order chi connectivity index (χ0) is 11.7. The summed E-state index contributed by atoms with van der Waals surface area (Å²) < 4.78 is 4.68. The number of benzene rings is 1. The maximum absolute atomic E-state index is 11.4. The third kappa shape index (κ3) is 1.86. The number of methoxy groups -OCH3 is 1. The first-order valence-corrected chi connectivity index (χ1v) is 5.14. The lowest BCUT2D eigenvalue weighted by Crippen LogP contribution is -2.01. The molecule has 0 saturated carbocycles. The molecule has 0 N–H and O–H groups in total. The Bertz CT molecular complexity index is 566. The highest BCUT2D eigenvalue weighted by atomic mass is 35.5. The van der Waals surface area contributed by atoms with Gasteiger partial charge in [0.1, 0.15) is 0 Å². The lowest BCUT2D eigenvalue weighted by molar-refractivity contribution is 0.0601. The first-order chi connectivity index (χ1) is 7.61. The summed E-state index contributed by atoms with van der Waals surface area (Å²) >= 11 is 5.86. The fourth-order valence-electron chi connectivity index (χ4n) is 1.64. The van der Waals surface area contributed by atoms with E-state index >= 15 is 0 Å². The number of esters is 1. The molecule has 0 aliphatic rings. The van der Waals surface area contributed by atoms with E-state index in [1.807, 2.05) is 6.92 Å². The average molecular weight is 236 g/mol. The van der Waals surface area contributed by atoms with Crippen LogP contribution in [0.5, 0.6) is 0 Å². The second-order valence-corrected chi connectivity index (χ2v) is 3.95. The molecule has 1 aromatic carbocycles. The van der Waals surface area contributed by atoms with Gasteiger partial charge in [-0.3, -0.25) is 4.98 Å². The third-order valence-corrected chi connectivity index (χ3v) is 2.57. The van der Waals surface area contributed by atoms with Gasteiger partial charge < -0.3 is 4.74 Å². The monoisotopic (exact) mass is 235 g/mol. The summed E-state index contributed by atoms with van der Waals surface area (Å²) in [6.45, 7) is 1.90. The van der Waals surface area contributed by atoms with Crippen molar-refractivity contribution in [3.63, 3.8) is 0 Å². The lowest BCUT2D eigenvalue weighted by Gasteiger charge is -2.05. The van der Waals surface area contributed by atoms with Crippen molar-refractivity contribution >= 4 is 28.5 Å². The van der Waals surface area contributed by atoms with E-state index in [0.29, 0.717) is 10.6 Å². The number of carbonyl (C=O) groups is 1. The fourth-order valence-corrected chi connectivity index (χ4v) is 1.81. The summed E-state index contributed by atoms with van der Waals surface area (Å²) in [5.41, 5.74) is 2.28. The number of halogens is 1. The van der Waals surface area contributed by atoms with Gasteiger partial charge in [-0.25, -0.2) is 4.79 Å². The van der Waals surface area contributed by atoms with Crippen molar-refractivity contribution in [2.75, 3.05) is 7.11 Å². The second kappa shape index (κ2) is 4.10. The minimum Gasteiger partial charge on any atom is -0.465 e. The van der Waals surface area contributed by atoms with Crippen LogP contribution in [0.3, 0.4) is 0 Å². The normalized spacial score (nSPS) is 10.4. The number of nitrogens with zero attached hydrogens (tertiary/aromatic N) is 1. The molecule has 0 aliphatic heterocycles. The lowest BCUT2D eigenvalue weighted by atomic mass is 10.1. The van der Waals surface area contributed by atoms with Crippen LogP contribution in [0.1, 0.15) is 15.9 Å². The van der Waals surface area contributed by atoms with Crippen molar-refractivity contribution in [3.05, 3.63) is 40.5 Å². The van der Waals surface area contributed by atoms with E-state index in [4.69, 9.17) is 11.6 Å². The van der Waals surface area contributed by atoms with Gasteiger partial charge in [0.15, 0.2) is 0 Å². The summed E-state index contributed by atoms with van der Waals surface area (Å²) in [5, 5.41) is 1.39. The van der Waals surface area contributed by atoms with E-state index in [2.05, 4.69) is 9.72 Å². The molecule has 0 saturated heterocycles. The molecule has 4 heteroatoms. The Morgan fingerprint density at radius 1 is 1.38 bits per heavy atom. The van der Waals surface area contributed by atoms with Crippen LogP contribution in [0.4, 0.5) is 0 Å². The Kier molecular flexibility index (Phi) is 2.79. The van der Waals surface area contributed by atoms with Crippen LogP contribution in [0.2, 0.25) is 5.02 Å². The standard InChI is InChI=1S/C12H10ClNO2/c1-7-3-9(12(15)16-2)4-8-5-10(13)6-14-11(7)8/h3-6H,1-2H3. The molecule has 2 aromatic rings. The van der Waals surface area contributed by atoms with Gasteiger partial charge in [0.2, 0.25) is 0 Å². The molecule has 0 bridgehead atoms. The number of hydrogen-bond donors (Lipinski definition) is 0. The molecule has 3 nitrogen and oxygen atoms in total. The highest BCUT2D eigenvalue weighted by Gasteiger charge is 2.09. The Morgan fingerprint density at radius 2 is 2.12 bits per heavy atom. The second-order valence-electron chi connectivity index (χ2n) is 3.51. The van der Waals surface area contributed by atoms with Gasteiger partial charge in [-0.2, -0.15) is 0 Å². The molecule has 1 aromatic heterocycles. The van der Waals surface area contributed by atoms with Gasteiger partial charge in [0.05, 0.1) is 23.2 Å². The SMILES string of the molecule is COC(=O)c1cc(C)c2ncc(Cl)cc2c1. The van der Waals surface area contributed by atoms with Gasteiger partial charge in [0, 0.05) is 11.6 Å². The number of hydrogen-bond acceptors (Lipinski definition) is 3. The summed E-state index contributed by atoms with van der Waals surface area (Å²) in [6.07, 6.45) is 1.59. The molecular formula is C12H10ClNO2. The van der Waals surface area contributed by atoms with E-state index < -0.39 is 0 Å². The van der Waals surface area contributed by atoms with E-state index in [-0.39, 0.29) is 5.97 Å². The number of aryl methyl sites for hydroxylation is 1. The first kappa shape index (κ1) is 10.9. The van der Waals surface area contributed by atoms with Crippen LogP contribution in [0, 0.1) is 6.92 Å². The Morgan fingerprint density at radius 3 is 2.81 bits per heavy atom. The summed E-state index contributed by atoms with van der Waals surface area (Å²) in [7, 11) is 1.36. The third-order valence-electron chi connectivity index (χ3n) is 2.36. The maximum atomic E-state index is 11.4. The van der Waals surface area contributed by atoms with E-state index in [1.54, 1.807) is 24.4 Å². The molecule has 16 heavy (non-hydrogen) atoms. The van der Waals surface area contributed by atoms with Crippen LogP contribution >= 0.6 is 11.6 Å². The highest BCUT2D eigenvalue weighted by Crippen LogP contribution is 2.22. The first-order valence-electron chi connectivity index (χ1n) is 4.76. The molecule has 0 aliphatic carbocycles. The molecule has 82 valence electrons. The predicted molar refractivity (Wildman–Crippen MR) is 62.8 cm³/mol. The van der Waals surface area contributed by atoms with Crippen LogP contribution < -0.4 is 0 Å². The quantitative estimate of drug-likeness (QED) is 0.714. The minimum atomic E-state index is -0.357. The molecule has 1 heterocycles. The van der Waals surface area contributed by atoms with Crippen molar-refractivity contribution in [2.45, 2.75) is 6.92 Å². The number of rotatable bonds is 1. The smallest absolute Gasteiger partial charge is 0.337 e. The number of ether oxygens (including phenoxy) is 1. The summed E-state index contributed by atoms with van der Waals surface area (Å²) in [5.74, 6) is -0.357. The minimum absolute atomic E-state index is 0.357. The molecule has 0 atom stereocenters. The van der Waals surface area contributed by atoms with E-state index in [1.165, 1.54) is 7.11 Å². The fraction of sp³-hybridized carbons (Fsp3) is 0.167. The van der Waals surface area contributed by atoms with Crippen LogP contribution in [-0.2, 0) is 4.74 Å². The predicted octanol–water partition coefficient (Wildman–Crippen LogP) is 2.98. The zero-order valence-electron chi connectivity index (χ0n) is 8.95. The van der Waals surface area contributed by atoms with Crippen molar-refractivity contribution in [2.24, 2.45) is 0 Å². The van der Waals surface area contributed by atoms with Crippen molar-refractivity contribution in [1.29, 1.82) is 0 Å². The Balaban J connectivity index is 2.69. The summed E-state index contributed by atoms with van der Waals surface area (Å²) in [4.78, 5) is 15.6. The Labute approximate surface area is 98.0 Å². The van der Waals surface area contributed by atoms with Crippen molar-refractivity contribution in [1.82, 2.24) is 4.98 Å². The number of pyridine rings is 1. The zero-order valence-corrected chi connectivity index (χ0v) is 9.71. The van der Waals surface area contributed by atoms with Crippen LogP contribution in [-0.4, -0.2) is 18.1 Å². The van der Waals surface area contributed by atoms with Crippen LogP contribution in [0.25, 0.3) is 10.9 Å². The molecule has 0 amide bonds. The highest BCUT2D eigenvalue weighted by molar-refractivity contribution is 6.31. The summed E-state index contributed by atoms with van der Waals surface area (Å²) in [6, 6.07) is 5.27. The number of carbonyl (C=O) groups excluding carboxylic acids is 1. The van der Waals surface area contributed by atoms with Gasteiger partial charge in [-0.15, -0.1) is 0 Å². The van der Waals surface area contributed by atoms with Crippen LogP contribution in [0.15, 0.2) is 24.4 Å². The largest absolute Gasteiger partial charge is 0.465 e.